The van der Waals surface area contributed by atoms with Gasteiger partial charge in [-0.15, -0.1) is 0 Å². The van der Waals surface area contributed by atoms with Gasteiger partial charge in [-0.1, -0.05) is 92.7 Å². The molecule has 0 N–H and O–H groups in total. The minimum absolute atomic E-state index is 0.422. The standard InChI is InChI=1S/C24H24/c1-17-16-24(22-14-8-6-12-20(17)22)23-15-9-7-13-21(23)18(2)19-10-4-3-5-11-19/h3-15,17-18,24H,16H2,1-2H3/t17-,18+,24+/m1/s1. The Kier molecular flexibility index (Phi) is 3.98. The fourth-order valence-corrected chi connectivity index (χ4v) is 4.32. The van der Waals surface area contributed by atoms with Crippen LogP contribution in [0.25, 0.3) is 0 Å². The summed E-state index contributed by atoms with van der Waals surface area (Å²) in [6.45, 7) is 4.69. The van der Waals surface area contributed by atoms with Crippen LogP contribution < -0.4 is 0 Å². The molecular formula is C24H24. The van der Waals surface area contributed by atoms with Gasteiger partial charge in [-0.25, -0.2) is 0 Å². The van der Waals surface area contributed by atoms with Crippen molar-refractivity contribution in [3.05, 3.63) is 107 Å². The van der Waals surface area contributed by atoms with Gasteiger partial charge in [0.25, 0.3) is 0 Å². The van der Waals surface area contributed by atoms with E-state index >= 15 is 0 Å². The minimum Gasteiger partial charge on any atom is -0.0622 e. The first-order valence-corrected chi connectivity index (χ1v) is 8.98. The van der Waals surface area contributed by atoms with Crippen molar-refractivity contribution in [2.24, 2.45) is 0 Å². The van der Waals surface area contributed by atoms with E-state index in [0.717, 1.165) is 0 Å². The van der Waals surface area contributed by atoms with Crippen molar-refractivity contribution in [3.8, 4) is 0 Å². The Hall–Kier alpha value is -2.34. The molecule has 0 unspecified atom stereocenters. The van der Waals surface area contributed by atoms with E-state index in [-0.39, 0.29) is 0 Å². The lowest BCUT2D eigenvalue weighted by Gasteiger charge is -2.22. The van der Waals surface area contributed by atoms with Crippen molar-refractivity contribution < 1.29 is 0 Å². The van der Waals surface area contributed by atoms with Gasteiger partial charge in [0.1, 0.15) is 0 Å². The summed E-state index contributed by atoms with van der Waals surface area (Å²) in [6, 6.07) is 28.9. The van der Waals surface area contributed by atoms with E-state index in [0.29, 0.717) is 17.8 Å². The molecule has 1 aliphatic rings. The Balaban J connectivity index is 1.79. The first-order chi connectivity index (χ1) is 11.8. The van der Waals surface area contributed by atoms with E-state index in [2.05, 4.69) is 92.7 Å². The normalized spacial score (nSPS) is 20.6. The highest BCUT2D eigenvalue weighted by Crippen LogP contribution is 2.47. The smallest absolute Gasteiger partial charge is 0.0101 e. The molecule has 0 heterocycles. The molecule has 4 rings (SSSR count). The molecule has 1 aliphatic carbocycles. The fourth-order valence-electron chi connectivity index (χ4n) is 4.32. The molecule has 120 valence electrons. The highest BCUT2D eigenvalue weighted by Gasteiger charge is 2.30. The summed E-state index contributed by atoms with van der Waals surface area (Å²) in [7, 11) is 0. The summed E-state index contributed by atoms with van der Waals surface area (Å²) in [6.07, 6.45) is 1.22. The Morgan fingerprint density at radius 2 is 1.29 bits per heavy atom. The highest BCUT2D eigenvalue weighted by atomic mass is 14.3. The number of fused-ring (bicyclic) bond motifs is 1. The second-order valence-corrected chi connectivity index (χ2v) is 7.08. The van der Waals surface area contributed by atoms with Crippen molar-refractivity contribution in [3.63, 3.8) is 0 Å². The van der Waals surface area contributed by atoms with Gasteiger partial charge in [0.05, 0.1) is 0 Å². The lowest BCUT2D eigenvalue weighted by atomic mass is 9.82. The predicted octanol–water partition coefficient (Wildman–Crippen LogP) is 6.48. The maximum absolute atomic E-state index is 2.36. The predicted molar refractivity (Wildman–Crippen MR) is 102 cm³/mol. The lowest BCUT2D eigenvalue weighted by molar-refractivity contribution is 0.678. The molecule has 0 nitrogen and oxygen atoms in total. The lowest BCUT2D eigenvalue weighted by Crippen LogP contribution is -2.05. The zero-order valence-electron chi connectivity index (χ0n) is 14.4. The summed E-state index contributed by atoms with van der Waals surface area (Å²) < 4.78 is 0. The van der Waals surface area contributed by atoms with Crippen LogP contribution in [0.2, 0.25) is 0 Å². The number of rotatable bonds is 3. The molecule has 0 aromatic heterocycles. The van der Waals surface area contributed by atoms with Crippen molar-refractivity contribution in [2.45, 2.75) is 38.0 Å². The Morgan fingerprint density at radius 3 is 2.04 bits per heavy atom. The van der Waals surface area contributed by atoms with Crippen molar-refractivity contribution in [1.82, 2.24) is 0 Å². The number of benzene rings is 3. The largest absolute Gasteiger partial charge is 0.0622 e. The average molecular weight is 312 g/mol. The van der Waals surface area contributed by atoms with Gasteiger partial charge < -0.3 is 0 Å². The van der Waals surface area contributed by atoms with Crippen molar-refractivity contribution >= 4 is 0 Å². The van der Waals surface area contributed by atoms with Gasteiger partial charge in [-0.3, -0.25) is 0 Å². The van der Waals surface area contributed by atoms with Crippen molar-refractivity contribution in [2.75, 3.05) is 0 Å². The Bertz CT molecular complexity index is 831. The highest BCUT2D eigenvalue weighted by molar-refractivity contribution is 5.49. The molecule has 0 fully saturated rings. The van der Waals surface area contributed by atoms with Crippen LogP contribution >= 0.6 is 0 Å². The van der Waals surface area contributed by atoms with Crippen LogP contribution in [0.3, 0.4) is 0 Å². The zero-order chi connectivity index (χ0) is 16.5. The Labute approximate surface area is 145 Å². The molecule has 0 heteroatoms. The van der Waals surface area contributed by atoms with E-state index in [1.807, 2.05) is 0 Å². The molecule has 0 spiro atoms. The monoisotopic (exact) mass is 312 g/mol. The molecule has 0 amide bonds. The summed E-state index contributed by atoms with van der Waals surface area (Å²) in [5, 5.41) is 0. The molecule has 0 saturated carbocycles. The summed E-state index contributed by atoms with van der Waals surface area (Å²) >= 11 is 0. The van der Waals surface area contributed by atoms with E-state index < -0.39 is 0 Å². The van der Waals surface area contributed by atoms with Gasteiger partial charge in [-0.05, 0) is 40.2 Å². The quantitative estimate of drug-likeness (QED) is 0.519. The van der Waals surface area contributed by atoms with Crippen LogP contribution in [0.1, 0.15) is 65.8 Å². The maximum Gasteiger partial charge on any atom is 0.0101 e. The topological polar surface area (TPSA) is 0 Å². The van der Waals surface area contributed by atoms with Crippen LogP contribution in [0, 0.1) is 0 Å². The summed E-state index contributed by atoms with van der Waals surface area (Å²) in [4.78, 5) is 0. The molecule has 0 radical (unpaired) electrons. The van der Waals surface area contributed by atoms with Crippen LogP contribution in [0.5, 0.6) is 0 Å². The van der Waals surface area contributed by atoms with Gasteiger partial charge in [0.2, 0.25) is 0 Å². The first-order valence-electron chi connectivity index (χ1n) is 8.98. The maximum atomic E-state index is 2.36. The fraction of sp³-hybridized carbons (Fsp3) is 0.250. The molecule has 3 aromatic rings. The van der Waals surface area contributed by atoms with Gasteiger partial charge in [-0.2, -0.15) is 0 Å². The van der Waals surface area contributed by atoms with E-state index in [4.69, 9.17) is 0 Å². The SMILES string of the molecule is C[C@@H](c1ccccc1)c1ccccc1[C@H]1C[C@@H](C)c2ccccc21. The number of hydrogen-bond donors (Lipinski definition) is 0. The third-order valence-electron chi connectivity index (χ3n) is 5.63. The van der Waals surface area contributed by atoms with Crippen molar-refractivity contribution in [1.29, 1.82) is 0 Å². The third-order valence-corrected chi connectivity index (χ3v) is 5.63. The average Bonchev–Trinajstić information content (AvgIpc) is 2.99. The first kappa shape index (κ1) is 15.2. The van der Waals surface area contributed by atoms with Crippen LogP contribution in [-0.4, -0.2) is 0 Å². The molecule has 0 aliphatic heterocycles. The minimum atomic E-state index is 0.422. The molecule has 3 atom stereocenters. The van der Waals surface area contributed by atoms with Crippen LogP contribution in [-0.2, 0) is 0 Å². The molecular weight excluding hydrogens is 288 g/mol. The van der Waals surface area contributed by atoms with Gasteiger partial charge in [0.15, 0.2) is 0 Å². The van der Waals surface area contributed by atoms with Gasteiger partial charge >= 0.3 is 0 Å². The number of hydrogen-bond acceptors (Lipinski definition) is 0. The molecule has 0 saturated heterocycles. The van der Waals surface area contributed by atoms with E-state index in [1.165, 1.54) is 34.2 Å². The Morgan fingerprint density at radius 1 is 0.708 bits per heavy atom. The summed E-state index contributed by atoms with van der Waals surface area (Å²) in [5.74, 6) is 1.59. The second kappa shape index (κ2) is 6.28. The molecule has 3 aromatic carbocycles. The molecule has 24 heavy (non-hydrogen) atoms. The van der Waals surface area contributed by atoms with Crippen LogP contribution in [0.4, 0.5) is 0 Å². The third kappa shape index (κ3) is 2.57. The summed E-state index contributed by atoms with van der Waals surface area (Å²) in [5.41, 5.74) is 7.43. The molecule has 0 bridgehead atoms. The van der Waals surface area contributed by atoms with Gasteiger partial charge in [0, 0.05) is 11.8 Å². The second-order valence-electron chi connectivity index (χ2n) is 7.08. The zero-order valence-corrected chi connectivity index (χ0v) is 14.4. The van der Waals surface area contributed by atoms with E-state index in [1.54, 1.807) is 0 Å². The van der Waals surface area contributed by atoms with Crippen LogP contribution in [0.15, 0.2) is 78.9 Å². The van der Waals surface area contributed by atoms with E-state index in [9.17, 15) is 0 Å².